The topological polar surface area (TPSA) is 63.9 Å². The molecule has 4 nitrogen and oxygen atoms in total. The highest BCUT2D eigenvalue weighted by Crippen LogP contribution is 2.38. The van der Waals surface area contributed by atoms with Crippen molar-refractivity contribution < 1.29 is 15.3 Å². The molecule has 1 aliphatic rings. The summed E-state index contributed by atoms with van der Waals surface area (Å²) in [5.74, 6) is 0.189. The van der Waals surface area contributed by atoms with Gasteiger partial charge >= 0.3 is 0 Å². The van der Waals surface area contributed by atoms with Crippen molar-refractivity contribution in [3.63, 3.8) is 0 Å². The molecule has 3 rings (SSSR count). The van der Waals surface area contributed by atoms with Gasteiger partial charge < -0.3 is 20.2 Å². The number of hydrogen-bond donors (Lipinski definition) is 3. The Balaban J connectivity index is 1.68. The zero-order valence-electron chi connectivity index (χ0n) is 12.7. The van der Waals surface area contributed by atoms with Crippen molar-refractivity contribution in [3.05, 3.63) is 47.5 Å². The molecule has 2 aromatic carbocycles. The molecule has 22 heavy (non-hydrogen) atoms. The minimum atomic E-state index is -0.0589. The van der Waals surface area contributed by atoms with Gasteiger partial charge in [-0.05, 0) is 55.5 Å². The van der Waals surface area contributed by atoms with Crippen molar-refractivity contribution >= 4 is 5.69 Å². The highest BCUT2D eigenvalue weighted by Gasteiger charge is 2.24. The van der Waals surface area contributed by atoms with E-state index in [1.165, 1.54) is 5.56 Å². The van der Waals surface area contributed by atoms with Gasteiger partial charge in [0.05, 0.1) is 0 Å². The van der Waals surface area contributed by atoms with Crippen LogP contribution in [0.4, 0.5) is 5.69 Å². The van der Waals surface area contributed by atoms with Gasteiger partial charge in [-0.2, -0.15) is 0 Å². The predicted octanol–water partition coefficient (Wildman–Crippen LogP) is 3.19. The van der Waals surface area contributed by atoms with Crippen LogP contribution in [0.2, 0.25) is 0 Å². The smallest absolute Gasteiger partial charge is 0.159 e. The summed E-state index contributed by atoms with van der Waals surface area (Å²) >= 11 is 0. The minimum Gasteiger partial charge on any atom is -0.508 e. The van der Waals surface area contributed by atoms with Crippen LogP contribution in [0.1, 0.15) is 24.5 Å². The lowest BCUT2D eigenvalue weighted by Gasteiger charge is -2.27. The van der Waals surface area contributed by atoms with Gasteiger partial charge in [0.1, 0.15) is 5.75 Å². The molecule has 0 radical (unpaired) electrons. The summed E-state index contributed by atoms with van der Waals surface area (Å²) in [4.78, 5) is 2.29. The van der Waals surface area contributed by atoms with Crippen LogP contribution in [-0.2, 0) is 12.8 Å². The molecule has 4 heteroatoms. The molecule has 3 N–H and O–H groups in total. The Kier molecular flexibility index (Phi) is 3.84. The van der Waals surface area contributed by atoms with E-state index in [1.807, 2.05) is 12.1 Å². The molecule has 0 amide bonds. The van der Waals surface area contributed by atoms with E-state index in [4.69, 9.17) is 0 Å². The Morgan fingerprint density at radius 3 is 2.45 bits per heavy atom. The number of aryl methyl sites for hydroxylation is 1. The Bertz CT molecular complexity index is 667. The molecule has 0 aromatic heterocycles. The zero-order valence-corrected chi connectivity index (χ0v) is 12.7. The zero-order chi connectivity index (χ0) is 15.7. The fourth-order valence-corrected chi connectivity index (χ4v) is 3.09. The first-order chi connectivity index (χ1) is 10.5. The lowest BCUT2D eigenvalue weighted by Crippen LogP contribution is -2.31. The van der Waals surface area contributed by atoms with Gasteiger partial charge in [-0.3, -0.25) is 0 Å². The van der Waals surface area contributed by atoms with Gasteiger partial charge in [0.25, 0.3) is 0 Å². The highest BCUT2D eigenvalue weighted by molar-refractivity contribution is 5.64. The van der Waals surface area contributed by atoms with Crippen molar-refractivity contribution in [1.82, 2.24) is 0 Å². The van der Waals surface area contributed by atoms with Crippen LogP contribution in [0.15, 0.2) is 36.4 Å². The van der Waals surface area contributed by atoms with E-state index >= 15 is 0 Å². The average molecular weight is 299 g/mol. The third-order valence-corrected chi connectivity index (χ3v) is 4.43. The number of fused-ring (bicyclic) bond motifs is 1. The third kappa shape index (κ3) is 2.82. The van der Waals surface area contributed by atoms with Crippen LogP contribution in [0, 0.1) is 0 Å². The van der Waals surface area contributed by atoms with Crippen molar-refractivity contribution in [2.45, 2.75) is 32.2 Å². The summed E-state index contributed by atoms with van der Waals surface area (Å²) < 4.78 is 0. The molecule has 0 saturated heterocycles. The second-order valence-corrected chi connectivity index (χ2v) is 5.97. The number of benzene rings is 2. The normalized spacial score (nSPS) is 14.9. The second kappa shape index (κ2) is 5.79. The molecule has 0 spiro atoms. The van der Waals surface area contributed by atoms with E-state index < -0.39 is 0 Å². The molecular weight excluding hydrogens is 278 g/mol. The van der Waals surface area contributed by atoms with Gasteiger partial charge in [0.2, 0.25) is 0 Å². The lowest BCUT2D eigenvalue weighted by atomic mass is 10.0. The van der Waals surface area contributed by atoms with E-state index in [0.29, 0.717) is 11.8 Å². The molecule has 0 saturated carbocycles. The molecule has 0 unspecified atom stereocenters. The monoisotopic (exact) mass is 299 g/mol. The Labute approximate surface area is 130 Å². The third-order valence-electron chi connectivity index (χ3n) is 4.43. The fourth-order valence-electron chi connectivity index (χ4n) is 3.09. The molecule has 0 fully saturated rings. The van der Waals surface area contributed by atoms with Gasteiger partial charge in [0, 0.05) is 24.3 Å². The summed E-state index contributed by atoms with van der Waals surface area (Å²) in [5, 5.41) is 28.6. The summed E-state index contributed by atoms with van der Waals surface area (Å²) in [6.45, 7) is 3.09. The largest absolute Gasteiger partial charge is 0.508 e. The number of aromatic hydroxyl groups is 3. The maximum absolute atomic E-state index is 9.72. The van der Waals surface area contributed by atoms with E-state index in [2.05, 4.69) is 11.8 Å². The molecule has 2 aromatic rings. The average Bonchev–Trinajstić information content (AvgIpc) is 2.90. The van der Waals surface area contributed by atoms with E-state index in [0.717, 1.165) is 37.1 Å². The van der Waals surface area contributed by atoms with Gasteiger partial charge in [-0.15, -0.1) is 0 Å². The molecule has 116 valence electrons. The van der Waals surface area contributed by atoms with Crippen molar-refractivity contribution in [2.75, 3.05) is 11.4 Å². The first-order valence-corrected chi connectivity index (χ1v) is 7.64. The quantitative estimate of drug-likeness (QED) is 0.759. The van der Waals surface area contributed by atoms with Gasteiger partial charge in [-0.25, -0.2) is 0 Å². The second-order valence-electron chi connectivity index (χ2n) is 5.97. The Morgan fingerprint density at radius 2 is 1.73 bits per heavy atom. The van der Waals surface area contributed by atoms with Crippen molar-refractivity contribution in [2.24, 2.45) is 0 Å². The summed E-state index contributed by atoms with van der Waals surface area (Å²) in [6.07, 6.45) is 2.83. The first-order valence-electron chi connectivity index (χ1n) is 7.64. The number of anilines is 1. The van der Waals surface area contributed by atoms with Gasteiger partial charge in [-0.1, -0.05) is 12.1 Å². The summed E-state index contributed by atoms with van der Waals surface area (Å²) in [5.41, 5.74) is 3.32. The van der Waals surface area contributed by atoms with Crippen LogP contribution < -0.4 is 4.90 Å². The minimum absolute atomic E-state index is 0.0441. The number of phenolic OH excluding ortho intramolecular Hbond substituents is 3. The maximum Gasteiger partial charge on any atom is 0.159 e. The van der Waals surface area contributed by atoms with Crippen LogP contribution in [-0.4, -0.2) is 27.9 Å². The highest BCUT2D eigenvalue weighted by atomic mass is 16.3. The summed E-state index contributed by atoms with van der Waals surface area (Å²) in [7, 11) is 0. The first kappa shape index (κ1) is 14.6. The van der Waals surface area contributed by atoms with Crippen LogP contribution in [0.3, 0.4) is 0 Å². The Morgan fingerprint density at radius 1 is 1.05 bits per heavy atom. The van der Waals surface area contributed by atoms with E-state index in [-0.39, 0.29) is 11.5 Å². The maximum atomic E-state index is 9.72. The predicted molar refractivity (Wildman–Crippen MR) is 86.7 cm³/mol. The van der Waals surface area contributed by atoms with E-state index in [9.17, 15) is 15.3 Å². The number of nitrogens with zero attached hydrogens (tertiary/aromatic N) is 1. The number of rotatable bonds is 4. The SMILES string of the molecule is C[C@@H](CCc1ccc(O)cc1)N1CCc2cc(O)c(O)cc21. The number of phenols is 3. The standard InChI is InChI=1S/C18H21NO3/c1-12(2-3-13-4-6-15(20)7-5-13)19-9-8-14-10-17(21)18(22)11-16(14)19/h4-7,10-12,20-22H,2-3,8-9H2,1H3/t12-/m0/s1. The van der Waals surface area contributed by atoms with Crippen LogP contribution in [0.25, 0.3) is 0 Å². The van der Waals surface area contributed by atoms with Crippen molar-refractivity contribution in [3.8, 4) is 17.2 Å². The molecule has 0 bridgehead atoms. The van der Waals surface area contributed by atoms with Crippen LogP contribution >= 0.6 is 0 Å². The lowest BCUT2D eigenvalue weighted by molar-refractivity contribution is 0.403. The molecule has 1 atom stereocenters. The summed E-state index contributed by atoms with van der Waals surface area (Å²) in [6, 6.07) is 11.0. The molecule has 0 aliphatic carbocycles. The van der Waals surface area contributed by atoms with Gasteiger partial charge in [0.15, 0.2) is 11.5 Å². The Hall–Kier alpha value is -2.36. The molecule has 1 heterocycles. The van der Waals surface area contributed by atoms with Crippen LogP contribution in [0.5, 0.6) is 17.2 Å². The molecular formula is C18H21NO3. The van der Waals surface area contributed by atoms with E-state index in [1.54, 1.807) is 24.3 Å². The van der Waals surface area contributed by atoms with Crippen molar-refractivity contribution in [1.29, 1.82) is 0 Å². The fraction of sp³-hybridized carbons (Fsp3) is 0.333. The molecule has 1 aliphatic heterocycles. The number of hydrogen-bond acceptors (Lipinski definition) is 4.